The first-order chi connectivity index (χ1) is 5.74. The van der Waals surface area contributed by atoms with E-state index in [2.05, 4.69) is 37.4 Å². The van der Waals surface area contributed by atoms with Gasteiger partial charge in [-0.3, -0.25) is 0 Å². The molecule has 0 amide bonds. The minimum Gasteiger partial charge on any atom is -0.384 e. The molecule has 0 radical (unpaired) electrons. The lowest BCUT2D eigenvalue weighted by molar-refractivity contribution is 1.20. The lowest BCUT2D eigenvalue weighted by Crippen LogP contribution is -2.03. The molecule has 0 atom stereocenters. The molecule has 0 saturated carbocycles. The van der Waals surface area contributed by atoms with Crippen LogP contribution in [0.3, 0.4) is 0 Å². The van der Waals surface area contributed by atoms with Gasteiger partial charge in [-0.25, -0.2) is 0 Å². The predicted molar refractivity (Wildman–Crippen MR) is 55.1 cm³/mol. The molecule has 0 spiro atoms. The summed E-state index contributed by atoms with van der Waals surface area (Å²) >= 11 is 5.58. The molecule has 2 heteroatoms. The van der Waals surface area contributed by atoms with E-state index in [1.807, 2.05) is 0 Å². The van der Waals surface area contributed by atoms with Crippen LogP contribution >= 0.6 is 11.6 Å². The highest BCUT2D eigenvalue weighted by Crippen LogP contribution is 2.15. The van der Waals surface area contributed by atoms with E-state index in [1.54, 1.807) is 0 Å². The number of benzene rings is 1. The topological polar surface area (TPSA) is 12.0 Å². The van der Waals surface area contributed by atoms with E-state index in [0.29, 0.717) is 5.88 Å². The highest BCUT2D eigenvalue weighted by molar-refractivity contribution is 6.18. The van der Waals surface area contributed by atoms with Crippen LogP contribution in [0.15, 0.2) is 18.2 Å². The van der Waals surface area contributed by atoms with Crippen LogP contribution in [-0.4, -0.2) is 12.4 Å². The van der Waals surface area contributed by atoms with Crippen LogP contribution in [0.25, 0.3) is 0 Å². The molecule has 0 aliphatic rings. The standard InChI is InChI=1S/C10H14ClN/c1-8-3-4-9(2)10(7-8)12-6-5-11/h3-4,7,12H,5-6H2,1-2H3. The SMILES string of the molecule is Cc1ccc(C)c(NCCCl)c1. The summed E-state index contributed by atoms with van der Waals surface area (Å²) in [5.41, 5.74) is 3.74. The third-order valence-electron chi connectivity index (χ3n) is 1.80. The van der Waals surface area contributed by atoms with Gasteiger partial charge < -0.3 is 5.32 Å². The minimum atomic E-state index is 0.646. The van der Waals surface area contributed by atoms with Crippen molar-refractivity contribution < 1.29 is 0 Å². The zero-order valence-electron chi connectivity index (χ0n) is 7.52. The van der Waals surface area contributed by atoms with Crippen molar-refractivity contribution in [3.63, 3.8) is 0 Å². The van der Waals surface area contributed by atoms with Crippen molar-refractivity contribution >= 4 is 17.3 Å². The highest BCUT2D eigenvalue weighted by Gasteiger charge is 1.95. The van der Waals surface area contributed by atoms with Gasteiger partial charge in [0.1, 0.15) is 0 Å². The van der Waals surface area contributed by atoms with E-state index in [4.69, 9.17) is 11.6 Å². The first kappa shape index (κ1) is 9.40. The van der Waals surface area contributed by atoms with Crippen LogP contribution < -0.4 is 5.32 Å². The first-order valence-electron chi connectivity index (χ1n) is 4.11. The Kier molecular flexibility index (Phi) is 3.42. The van der Waals surface area contributed by atoms with E-state index in [9.17, 15) is 0 Å². The Hall–Kier alpha value is -0.690. The van der Waals surface area contributed by atoms with E-state index in [-0.39, 0.29) is 0 Å². The zero-order valence-corrected chi connectivity index (χ0v) is 8.28. The molecule has 1 N–H and O–H groups in total. The predicted octanol–water partition coefficient (Wildman–Crippen LogP) is 2.95. The van der Waals surface area contributed by atoms with Crippen LogP contribution in [0.2, 0.25) is 0 Å². The summed E-state index contributed by atoms with van der Waals surface area (Å²) in [6.45, 7) is 5.01. The van der Waals surface area contributed by atoms with E-state index < -0.39 is 0 Å². The molecular weight excluding hydrogens is 170 g/mol. The van der Waals surface area contributed by atoms with Gasteiger partial charge in [-0.05, 0) is 31.0 Å². The smallest absolute Gasteiger partial charge is 0.0396 e. The minimum absolute atomic E-state index is 0.646. The van der Waals surface area contributed by atoms with E-state index in [1.165, 1.54) is 16.8 Å². The molecule has 1 nitrogen and oxygen atoms in total. The third-order valence-corrected chi connectivity index (χ3v) is 1.99. The molecule has 1 aromatic rings. The molecule has 0 aliphatic carbocycles. The number of rotatable bonds is 3. The van der Waals surface area contributed by atoms with Crippen LogP contribution in [0, 0.1) is 13.8 Å². The zero-order chi connectivity index (χ0) is 8.97. The summed E-state index contributed by atoms with van der Waals surface area (Å²) in [6.07, 6.45) is 0. The van der Waals surface area contributed by atoms with Crippen molar-refractivity contribution in [2.24, 2.45) is 0 Å². The summed E-state index contributed by atoms with van der Waals surface area (Å²) in [5, 5.41) is 3.27. The number of hydrogen-bond donors (Lipinski definition) is 1. The average Bonchev–Trinajstić information content (AvgIpc) is 2.07. The van der Waals surface area contributed by atoms with Crippen molar-refractivity contribution in [2.75, 3.05) is 17.7 Å². The number of hydrogen-bond acceptors (Lipinski definition) is 1. The fourth-order valence-corrected chi connectivity index (χ4v) is 1.20. The Morgan fingerprint density at radius 2 is 2.08 bits per heavy atom. The molecule has 0 aliphatic heterocycles. The van der Waals surface area contributed by atoms with Crippen molar-refractivity contribution in [2.45, 2.75) is 13.8 Å². The molecule has 12 heavy (non-hydrogen) atoms. The van der Waals surface area contributed by atoms with Gasteiger partial charge >= 0.3 is 0 Å². The molecule has 0 bridgehead atoms. The number of aryl methyl sites for hydroxylation is 2. The highest BCUT2D eigenvalue weighted by atomic mass is 35.5. The largest absolute Gasteiger partial charge is 0.384 e. The molecule has 0 fully saturated rings. The summed E-state index contributed by atoms with van der Waals surface area (Å²) in [7, 11) is 0. The van der Waals surface area contributed by atoms with Gasteiger partial charge in [-0.2, -0.15) is 0 Å². The van der Waals surface area contributed by atoms with Gasteiger partial charge in [-0.1, -0.05) is 12.1 Å². The Morgan fingerprint density at radius 3 is 2.75 bits per heavy atom. The van der Waals surface area contributed by atoms with Gasteiger partial charge in [0, 0.05) is 18.1 Å². The van der Waals surface area contributed by atoms with Crippen molar-refractivity contribution in [1.29, 1.82) is 0 Å². The summed E-state index contributed by atoms with van der Waals surface area (Å²) < 4.78 is 0. The monoisotopic (exact) mass is 183 g/mol. The maximum absolute atomic E-state index is 5.58. The van der Waals surface area contributed by atoms with E-state index >= 15 is 0 Å². The fourth-order valence-electron chi connectivity index (χ4n) is 1.11. The normalized spacial score (nSPS) is 9.92. The lowest BCUT2D eigenvalue weighted by atomic mass is 10.1. The molecule has 0 saturated heterocycles. The van der Waals surface area contributed by atoms with Gasteiger partial charge in [0.2, 0.25) is 0 Å². The van der Waals surface area contributed by atoms with Gasteiger partial charge in [0.05, 0.1) is 0 Å². The molecule has 1 aromatic carbocycles. The maximum Gasteiger partial charge on any atom is 0.0396 e. The van der Waals surface area contributed by atoms with Gasteiger partial charge in [-0.15, -0.1) is 11.6 Å². The van der Waals surface area contributed by atoms with Crippen molar-refractivity contribution in [1.82, 2.24) is 0 Å². The molecule has 0 unspecified atom stereocenters. The van der Waals surface area contributed by atoms with Crippen LogP contribution in [0.1, 0.15) is 11.1 Å². The second-order valence-corrected chi connectivity index (χ2v) is 3.31. The lowest BCUT2D eigenvalue weighted by Gasteiger charge is -2.08. The first-order valence-corrected chi connectivity index (χ1v) is 4.64. The van der Waals surface area contributed by atoms with Crippen molar-refractivity contribution in [3.05, 3.63) is 29.3 Å². The Morgan fingerprint density at radius 1 is 1.33 bits per heavy atom. The van der Waals surface area contributed by atoms with Gasteiger partial charge in [0.25, 0.3) is 0 Å². The summed E-state index contributed by atoms with van der Waals surface area (Å²) in [4.78, 5) is 0. The Bertz CT molecular complexity index is 258. The van der Waals surface area contributed by atoms with Gasteiger partial charge in [0.15, 0.2) is 0 Å². The quantitative estimate of drug-likeness (QED) is 0.711. The average molecular weight is 184 g/mol. The molecule has 1 rings (SSSR count). The van der Waals surface area contributed by atoms with Crippen LogP contribution in [0.5, 0.6) is 0 Å². The summed E-state index contributed by atoms with van der Waals surface area (Å²) in [5.74, 6) is 0.646. The third kappa shape index (κ3) is 2.42. The number of alkyl halides is 1. The molecule has 66 valence electrons. The second-order valence-electron chi connectivity index (χ2n) is 2.93. The number of nitrogens with one attached hydrogen (secondary N) is 1. The van der Waals surface area contributed by atoms with Crippen LogP contribution in [-0.2, 0) is 0 Å². The fraction of sp³-hybridized carbons (Fsp3) is 0.400. The molecular formula is C10H14ClN. The van der Waals surface area contributed by atoms with E-state index in [0.717, 1.165) is 6.54 Å². The van der Waals surface area contributed by atoms with Crippen LogP contribution in [0.4, 0.5) is 5.69 Å². The summed E-state index contributed by atoms with van der Waals surface area (Å²) in [6, 6.07) is 6.37. The Labute approximate surface area is 78.7 Å². The second kappa shape index (κ2) is 4.36. The number of halogens is 1. The molecule has 0 heterocycles. The molecule has 0 aromatic heterocycles. The van der Waals surface area contributed by atoms with Crippen molar-refractivity contribution in [3.8, 4) is 0 Å². The Balaban J connectivity index is 2.75. The number of anilines is 1. The maximum atomic E-state index is 5.58.